The van der Waals surface area contributed by atoms with E-state index < -0.39 is 0 Å². The molecule has 5 nitrogen and oxygen atoms in total. The highest BCUT2D eigenvalue weighted by Gasteiger charge is 2.26. The minimum Gasteiger partial charge on any atom is -0.396 e. The van der Waals surface area contributed by atoms with Gasteiger partial charge in [0.2, 0.25) is 0 Å². The zero-order valence-electron chi connectivity index (χ0n) is 8.95. The van der Waals surface area contributed by atoms with Crippen molar-refractivity contribution in [1.82, 2.24) is 19.5 Å². The molecule has 2 heterocycles. The lowest BCUT2D eigenvalue weighted by atomic mass is 10.1. The summed E-state index contributed by atoms with van der Waals surface area (Å²) in [5.74, 6) is 0.435. The van der Waals surface area contributed by atoms with Crippen molar-refractivity contribution in [3.05, 3.63) is 18.9 Å². The smallest absolute Gasteiger partial charge is 0.163 e. The van der Waals surface area contributed by atoms with Gasteiger partial charge in [0.25, 0.3) is 0 Å². The van der Waals surface area contributed by atoms with Gasteiger partial charge in [-0.2, -0.15) is 0 Å². The first-order chi connectivity index (χ1) is 7.88. The average Bonchev–Trinajstić information content (AvgIpc) is 2.94. The molecule has 84 valence electrons. The van der Waals surface area contributed by atoms with Crippen LogP contribution in [-0.2, 0) is 0 Å². The van der Waals surface area contributed by atoms with E-state index >= 15 is 0 Å². The van der Waals surface area contributed by atoms with Crippen LogP contribution >= 0.6 is 0 Å². The Kier molecular flexibility index (Phi) is 2.32. The van der Waals surface area contributed by atoms with Gasteiger partial charge in [-0.1, -0.05) is 0 Å². The third kappa shape index (κ3) is 1.48. The normalized spacial score (nSPS) is 25.3. The molecule has 1 aliphatic rings. The predicted octanol–water partition coefficient (Wildman–Crippen LogP) is 1.16. The number of nitrogens with zero attached hydrogens (tertiary/aromatic N) is 4. The second kappa shape index (κ2) is 3.83. The Morgan fingerprint density at radius 1 is 1.38 bits per heavy atom. The summed E-state index contributed by atoms with van der Waals surface area (Å²) in [5, 5.41) is 9.14. The van der Waals surface area contributed by atoms with E-state index in [0.29, 0.717) is 12.0 Å². The Bertz CT molecular complexity index is 495. The van der Waals surface area contributed by atoms with Crippen molar-refractivity contribution in [2.75, 3.05) is 6.61 Å². The highest BCUT2D eigenvalue weighted by molar-refractivity contribution is 5.69. The molecule has 0 radical (unpaired) electrons. The fourth-order valence-corrected chi connectivity index (χ4v) is 2.52. The summed E-state index contributed by atoms with van der Waals surface area (Å²) in [4.78, 5) is 12.5. The number of rotatable bonds is 2. The Labute approximate surface area is 93.2 Å². The Balaban J connectivity index is 1.95. The quantitative estimate of drug-likeness (QED) is 0.821. The molecule has 1 aliphatic carbocycles. The van der Waals surface area contributed by atoms with Gasteiger partial charge in [0, 0.05) is 12.6 Å². The molecule has 2 aromatic heterocycles. The third-order valence-corrected chi connectivity index (χ3v) is 3.40. The van der Waals surface area contributed by atoms with Crippen LogP contribution in [0.2, 0.25) is 0 Å². The van der Waals surface area contributed by atoms with Crippen molar-refractivity contribution in [1.29, 1.82) is 0 Å². The van der Waals surface area contributed by atoms with Gasteiger partial charge in [-0.05, 0) is 25.2 Å². The first-order valence-electron chi connectivity index (χ1n) is 5.62. The summed E-state index contributed by atoms with van der Waals surface area (Å²) in [7, 11) is 0. The van der Waals surface area contributed by atoms with Crippen LogP contribution < -0.4 is 0 Å². The van der Waals surface area contributed by atoms with Crippen LogP contribution in [0.3, 0.4) is 0 Å². The minimum atomic E-state index is 0.290. The van der Waals surface area contributed by atoms with Crippen molar-refractivity contribution in [2.45, 2.75) is 25.3 Å². The zero-order chi connectivity index (χ0) is 11.0. The van der Waals surface area contributed by atoms with E-state index in [2.05, 4.69) is 19.5 Å². The van der Waals surface area contributed by atoms with Gasteiger partial charge in [0.1, 0.15) is 11.8 Å². The molecule has 0 saturated heterocycles. The summed E-state index contributed by atoms with van der Waals surface area (Å²) in [6.45, 7) is 0.290. The van der Waals surface area contributed by atoms with Crippen molar-refractivity contribution >= 4 is 11.2 Å². The first kappa shape index (κ1) is 9.72. The predicted molar refractivity (Wildman–Crippen MR) is 58.8 cm³/mol. The molecule has 0 aliphatic heterocycles. The monoisotopic (exact) mass is 218 g/mol. The third-order valence-electron chi connectivity index (χ3n) is 3.40. The molecule has 1 N–H and O–H groups in total. The van der Waals surface area contributed by atoms with E-state index in [1.807, 2.05) is 6.33 Å². The zero-order valence-corrected chi connectivity index (χ0v) is 8.95. The number of hydrogen-bond donors (Lipinski definition) is 1. The fraction of sp³-hybridized carbons (Fsp3) is 0.545. The van der Waals surface area contributed by atoms with Gasteiger partial charge in [-0.25, -0.2) is 15.0 Å². The molecule has 0 bridgehead atoms. The lowest BCUT2D eigenvalue weighted by Gasteiger charge is -2.12. The molecule has 0 spiro atoms. The molecule has 1 saturated carbocycles. The Morgan fingerprint density at radius 2 is 2.31 bits per heavy atom. The van der Waals surface area contributed by atoms with Crippen LogP contribution in [0.25, 0.3) is 11.2 Å². The van der Waals surface area contributed by atoms with Gasteiger partial charge < -0.3 is 9.67 Å². The molecule has 2 aromatic rings. The molecular formula is C11H14N4O. The van der Waals surface area contributed by atoms with Crippen molar-refractivity contribution in [3.8, 4) is 0 Å². The van der Waals surface area contributed by atoms with Crippen LogP contribution in [0.1, 0.15) is 25.3 Å². The minimum absolute atomic E-state index is 0.290. The SMILES string of the molecule is OC[C@@H]1CC[C@H](n2cnc3cncnc32)C1. The van der Waals surface area contributed by atoms with Crippen molar-refractivity contribution in [3.63, 3.8) is 0 Å². The number of aromatic nitrogens is 4. The maximum absolute atomic E-state index is 9.14. The van der Waals surface area contributed by atoms with E-state index in [1.165, 1.54) is 0 Å². The lowest BCUT2D eigenvalue weighted by Crippen LogP contribution is -2.06. The van der Waals surface area contributed by atoms with E-state index in [4.69, 9.17) is 5.11 Å². The maximum Gasteiger partial charge on any atom is 0.163 e. The fourth-order valence-electron chi connectivity index (χ4n) is 2.52. The highest BCUT2D eigenvalue weighted by Crippen LogP contribution is 2.35. The van der Waals surface area contributed by atoms with E-state index in [1.54, 1.807) is 12.5 Å². The number of fused-ring (bicyclic) bond motifs is 1. The van der Waals surface area contributed by atoms with E-state index in [-0.39, 0.29) is 6.61 Å². The molecule has 3 rings (SSSR count). The summed E-state index contributed by atoms with van der Waals surface area (Å²) < 4.78 is 2.12. The Hall–Kier alpha value is -1.49. The average molecular weight is 218 g/mol. The molecule has 0 unspecified atom stereocenters. The van der Waals surface area contributed by atoms with Crippen molar-refractivity contribution < 1.29 is 5.11 Å². The molecule has 0 aromatic carbocycles. The highest BCUT2D eigenvalue weighted by atomic mass is 16.3. The standard InChI is InChI=1S/C11H14N4O/c16-5-8-1-2-9(3-8)15-7-14-10-4-12-6-13-11(10)15/h4,6-9,16H,1-3,5H2/t8-,9+/m1/s1. The second-order valence-corrected chi connectivity index (χ2v) is 4.40. The van der Waals surface area contributed by atoms with Gasteiger partial charge >= 0.3 is 0 Å². The number of aliphatic hydroxyl groups excluding tert-OH is 1. The topological polar surface area (TPSA) is 63.8 Å². The van der Waals surface area contributed by atoms with Crippen LogP contribution in [0.4, 0.5) is 0 Å². The second-order valence-electron chi connectivity index (χ2n) is 4.40. The number of aliphatic hydroxyl groups is 1. The summed E-state index contributed by atoms with van der Waals surface area (Å²) >= 11 is 0. The summed E-state index contributed by atoms with van der Waals surface area (Å²) in [5.41, 5.74) is 1.74. The van der Waals surface area contributed by atoms with Gasteiger partial charge in [0.05, 0.1) is 12.5 Å². The summed E-state index contributed by atoms with van der Waals surface area (Å²) in [6.07, 6.45) is 8.33. The molecule has 5 heteroatoms. The Morgan fingerprint density at radius 3 is 3.12 bits per heavy atom. The number of imidazole rings is 1. The largest absolute Gasteiger partial charge is 0.396 e. The van der Waals surface area contributed by atoms with E-state index in [0.717, 1.165) is 30.4 Å². The molecule has 2 atom stereocenters. The molecule has 16 heavy (non-hydrogen) atoms. The van der Waals surface area contributed by atoms with Crippen LogP contribution in [0.5, 0.6) is 0 Å². The summed E-state index contributed by atoms with van der Waals surface area (Å²) in [6, 6.07) is 0.428. The molecular weight excluding hydrogens is 204 g/mol. The van der Waals surface area contributed by atoms with Crippen LogP contribution in [0.15, 0.2) is 18.9 Å². The van der Waals surface area contributed by atoms with Crippen LogP contribution in [0, 0.1) is 5.92 Å². The van der Waals surface area contributed by atoms with Gasteiger partial charge in [-0.3, -0.25) is 0 Å². The van der Waals surface area contributed by atoms with Crippen LogP contribution in [-0.4, -0.2) is 31.2 Å². The van der Waals surface area contributed by atoms with Crippen molar-refractivity contribution in [2.24, 2.45) is 5.92 Å². The number of hydrogen-bond acceptors (Lipinski definition) is 4. The van der Waals surface area contributed by atoms with E-state index in [9.17, 15) is 0 Å². The maximum atomic E-state index is 9.14. The first-order valence-corrected chi connectivity index (χ1v) is 5.62. The lowest BCUT2D eigenvalue weighted by molar-refractivity contribution is 0.226. The van der Waals surface area contributed by atoms with Gasteiger partial charge in [0.15, 0.2) is 5.65 Å². The van der Waals surface area contributed by atoms with Gasteiger partial charge in [-0.15, -0.1) is 0 Å². The molecule has 1 fully saturated rings. The molecule has 0 amide bonds.